The lowest BCUT2D eigenvalue weighted by Crippen LogP contribution is -2.24. The number of hydrogen-bond acceptors (Lipinski definition) is 6. The molecule has 0 unspecified atom stereocenters. The van der Waals surface area contributed by atoms with E-state index in [0.29, 0.717) is 36.2 Å². The topological polar surface area (TPSA) is 59.1 Å². The molecule has 0 aromatic heterocycles. The first-order valence-electron chi connectivity index (χ1n) is 13.1. The first-order chi connectivity index (χ1) is 17.1. The molecule has 0 spiro atoms. The molecule has 200 valence electrons. The summed E-state index contributed by atoms with van der Waals surface area (Å²) in [4.78, 5) is 28.1. The summed E-state index contributed by atoms with van der Waals surface area (Å²) in [5.41, 5.74) is 3.14. The number of para-hydroxylation sites is 2. The number of anilines is 2. The minimum Gasteiger partial charge on any atom is -0.462 e. The van der Waals surface area contributed by atoms with Crippen molar-refractivity contribution in [2.75, 3.05) is 50.2 Å². The van der Waals surface area contributed by atoms with Crippen LogP contribution in [0.2, 0.25) is 0 Å². The van der Waals surface area contributed by atoms with Crippen LogP contribution in [0.4, 0.5) is 11.4 Å². The summed E-state index contributed by atoms with van der Waals surface area (Å²) < 4.78 is 10.6. The van der Waals surface area contributed by atoms with Crippen molar-refractivity contribution in [3.63, 3.8) is 0 Å². The van der Waals surface area contributed by atoms with E-state index >= 15 is 0 Å². The summed E-state index contributed by atoms with van der Waals surface area (Å²) in [6, 6.07) is 15.1. The van der Waals surface area contributed by atoms with Crippen molar-refractivity contribution in [2.45, 2.75) is 54.4 Å². The van der Waals surface area contributed by atoms with Crippen LogP contribution in [0.3, 0.4) is 0 Å². The van der Waals surface area contributed by atoms with Crippen molar-refractivity contribution in [1.29, 1.82) is 0 Å². The zero-order valence-electron chi connectivity index (χ0n) is 23.5. The van der Waals surface area contributed by atoms with Crippen LogP contribution in [0.5, 0.6) is 0 Å². The Morgan fingerprint density at radius 1 is 0.694 bits per heavy atom. The fraction of sp³-hybridized carbons (Fsp3) is 0.533. The first kappa shape index (κ1) is 31.0. The van der Waals surface area contributed by atoms with E-state index in [2.05, 4.69) is 46.4 Å². The van der Waals surface area contributed by atoms with Crippen LogP contribution in [-0.2, 0) is 9.47 Å². The number of ether oxygens (including phenoxy) is 2. The van der Waals surface area contributed by atoms with E-state index in [-0.39, 0.29) is 11.9 Å². The Kier molecular flexibility index (Phi) is 14.3. The molecule has 0 heterocycles. The second-order valence-corrected chi connectivity index (χ2v) is 9.74. The Labute approximate surface area is 218 Å². The average molecular weight is 499 g/mol. The summed E-state index contributed by atoms with van der Waals surface area (Å²) >= 11 is 0. The molecular formula is C30H46N2O4. The second-order valence-electron chi connectivity index (χ2n) is 9.74. The minimum atomic E-state index is -0.241. The molecule has 36 heavy (non-hydrogen) atoms. The number of nitrogens with zero attached hydrogens (tertiary/aromatic N) is 2. The summed E-state index contributed by atoms with van der Waals surface area (Å²) in [6.45, 7) is 15.4. The van der Waals surface area contributed by atoms with Crippen molar-refractivity contribution >= 4 is 23.3 Å². The molecule has 0 amide bonds. The third-order valence-corrected chi connectivity index (χ3v) is 5.69. The molecule has 0 bridgehead atoms. The van der Waals surface area contributed by atoms with Gasteiger partial charge in [-0.3, -0.25) is 0 Å². The number of esters is 2. The normalized spacial score (nSPS) is 10.5. The molecule has 0 saturated carbocycles. The highest BCUT2D eigenvalue weighted by Gasteiger charge is 2.16. The molecule has 0 aliphatic carbocycles. The lowest BCUT2D eigenvalue weighted by Gasteiger charge is -2.23. The lowest BCUT2D eigenvalue weighted by molar-refractivity contribution is 0.0479. The monoisotopic (exact) mass is 498 g/mol. The van der Waals surface area contributed by atoms with E-state index in [0.717, 1.165) is 37.3 Å². The molecule has 6 nitrogen and oxygen atoms in total. The van der Waals surface area contributed by atoms with Gasteiger partial charge in [0.2, 0.25) is 0 Å². The predicted octanol–water partition coefficient (Wildman–Crippen LogP) is 6.69. The maximum atomic E-state index is 12.1. The van der Waals surface area contributed by atoms with Crippen molar-refractivity contribution in [3.05, 3.63) is 59.7 Å². The Bertz CT molecular complexity index is 921. The zero-order valence-corrected chi connectivity index (χ0v) is 23.5. The molecule has 0 N–H and O–H groups in total. The third-order valence-electron chi connectivity index (χ3n) is 5.69. The number of carbonyl (C=O) groups excluding carboxylic acids is 2. The fourth-order valence-corrected chi connectivity index (χ4v) is 3.45. The van der Waals surface area contributed by atoms with Gasteiger partial charge in [-0.25, -0.2) is 9.59 Å². The highest BCUT2D eigenvalue weighted by molar-refractivity contribution is 5.96. The van der Waals surface area contributed by atoms with E-state index in [1.807, 2.05) is 61.5 Å². The summed E-state index contributed by atoms with van der Waals surface area (Å²) in [6.07, 6.45) is 1.80. The molecule has 2 aromatic carbocycles. The van der Waals surface area contributed by atoms with Gasteiger partial charge < -0.3 is 19.3 Å². The largest absolute Gasteiger partial charge is 0.462 e. The van der Waals surface area contributed by atoms with Crippen LogP contribution in [0.1, 0.15) is 75.1 Å². The van der Waals surface area contributed by atoms with Gasteiger partial charge in [0.05, 0.1) is 35.7 Å². The molecule has 2 aromatic rings. The number of benzene rings is 2. The van der Waals surface area contributed by atoms with Crippen LogP contribution < -0.4 is 9.80 Å². The van der Waals surface area contributed by atoms with E-state index in [9.17, 15) is 9.59 Å². The maximum Gasteiger partial charge on any atom is 0.340 e. The Balaban J connectivity index is 0.000000362. The van der Waals surface area contributed by atoms with Gasteiger partial charge in [0, 0.05) is 27.2 Å². The van der Waals surface area contributed by atoms with Gasteiger partial charge in [-0.1, -0.05) is 52.0 Å². The molecule has 0 aliphatic rings. The van der Waals surface area contributed by atoms with Gasteiger partial charge >= 0.3 is 11.9 Å². The number of rotatable bonds is 12. The highest BCUT2D eigenvalue weighted by atomic mass is 16.5. The van der Waals surface area contributed by atoms with Crippen molar-refractivity contribution in [1.82, 2.24) is 0 Å². The SMILES string of the molecule is CC(C)CCOC(=O)c1ccccc1N(C)C.CCN(CC)c1ccccc1C(=O)OCCC(C)C. The van der Waals surface area contributed by atoms with Gasteiger partial charge in [-0.05, 0) is 62.8 Å². The smallest absolute Gasteiger partial charge is 0.340 e. The molecular weight excluding hydrogens is 452 g/mol. The molecule has 0 aliphatic heterocycles. The van der Waals surface area contributed by atoms with E-state index in [4.69, 9.17) is 9.47 Å². The highest BCUT2D eigenvalue weighted by Crippen LogP contribution is 2.21. The lowest BCUT2D eigenvalue weighted by atomic mass is 10.1. The zero-order chi connectivity index (χ0) is 27.1. The van der Waals surface area contributed by atoms with Gasteiger partial charge in [0.1, 0.15) is 0 Å². The Hall–Kier alpha value is -3.02. The summed E-state index contributed by atoms with van der Waals surface area (Å²) in [5.74, 6) is 0.635. The van der Waals surface area contributed by atoms with Crippen LogP contribution >= 0.6 is 0 Å². The fourth-order valence-electron chi connectivity index (χ4n) is 3.45. The first-order valence-corrected chi connectivity index (χ1v) is 13.1. The van der Waals surface area contributed by atoms with Gasteiger partial charge in [-0.15, -0.1) is 0 Å². The van der Waals surface area contributed by atoms with E-state index in [1.54, 1.807) is 6.07 Å². The van der Waals surface area contributed by atoms with Gasteiger partial charge in [0.25, 0.3) is 0 Å². The summed E-state index contributed by atoms with van der Waals surface area (Å²) in [7, 11) is 3.83. The maximum absolute atomic E-state index is 12.1. The van der Waals surface area contributed by atoms with Crippen molar-refractivity contribution < 1.29 is 19.1 Å². The molecule has 0 fully saturated rings. The standard InChI is InChI=1S/C16H25NO2.C14H21NO2/c1-5-17(6-2)15-10-8-7-9-14(15)16(18)19-12-11-13(3)4;1-11(2)9-10-17-14(16)12-7-5-6-8-13(12)15(3)4/h7-10,13H,5-6,11-12H2,1-4H3;5-8,11H,9-10H2,1-4H3. The van der Waals surface area contributed by atoms with E-state index in [1.165, 1.54) is 0 Å². The Morgan fingerprint density at radius 2 is 1.08 bits per heavy atom. The van der Waals surface area contributed by atoms with Crippen LogP contribution in [0.15, 0.2) is 48.5 Å². The van der Waals surface area contributed by atoms with Crippen LogP contribution in [-0.4, -0.2) is 52.3 Å². The molecule has 0 saturated heterocycles. The predicted molar refractivity (Wildman–Crippen MR) is 150 cm³/mol. The molecule has 0 atom stereocenters. The van der Waals surface area contributed by atoms with Crippen LogP contribution in [0.25, 0.3) is 0 Å². The number of carbonyl (C=O) groups is 2. The second kappa shape index (κ2) is 16.6. The van der Waals surface area contributed by atoms with Crippen molar-refractivity contribution in [2.24, 2.45) is 11.8 Å². The minimum absolute atomic E-state index is 0.219. The molecule has 0 radical (unpaired) electrons. The third kappa shape index (κ3) is 10.7. The number of hydrogen-bond donors (Lipinski definition) is 0. The quantitative estimate of drug-likeness (QED) is 0.304. The van der Waals surface area contributed by atoms with Gasteiger partial charge in [-0.2, -0.15) is 0 Å². The Morgan fingerprint density at radius 3 is 1.47 bits per heavy atom. The average Bonchev–Trinajstić information content (AvgIpc) is 2.85. The molecule has 2 rings (SSSR count). The molecule has 6 heteroatoms. The summed E-state index contributed by atoms with van der Waals surface area (Å²) in [5, 5.41) is 0. The van der Waals surface area contributed by atoms with Crippen LogP contribution in [0, 0.1) is 11.8 Å². The van der Waals surface area contributed by atoms with Gasteiger partial charge in [0.15, 0.2) is 0 Å². The van der Waals surface area contributed by atoms with E-state index < -0.39 is 0 Å². The van der Waals surface area contributed by atoms with Crippen molar-refractivity contribution in [3.8, 4) is 0 Å².